The highest BCUT2D eigenvalue weighted by Gasteiger charge is 2.42. The van der Waals surface area contributed by atoms with E-state index in [0.717, 1.165) is 36.9 Å². The number of aliphatic hydroxyl groups is 1. The van der Waals surface area contributed by atoms with Gasteiger partial charge in [0.25, 0.3) is 0 Å². The van der Waals surface area contributed by atoms with Gasteiger partial charge in [-0.15, -0.1) is 0 Å². The van der Waals surface area contributed by atoms with Crippen LogP contribution in [0.3, 0.4) is 0 Å². The van der Waals surface area contributed by atoms with E-state index in [1.165, 1.54) is 0 Å². The van der Waals surface area contributed by atoms with Gasteiger partial charge in [0, 0.05) is 17.5 Å². The summed E-state index contributed by atoms with van der Waals surface area (Å²) in [5.41, 5.74) is 1.06. The molecule has 3 heteroatoms. The number of nitriles is 1. The third-order valence-electron chi connectivity index (χ3n) is 4.03. The summed E-state index contributed by atoms with van der Waals surface area (Å²) in [4.78, 5) is 4.21. The molecule has 1 aromatic rings. The second-order valence-corrected chi connectivity index (χ2v) is 5.60. The molecule has 1 aromatic heterocycles. The Kier molecular flexibility index (Phi) is 3.68. The number of hydrogen-bond acceptors (Lipinski definition) is 3. The van der Waals surface area contributed by atoms with Crippen LogP contribution >= 0.6 is 0 Å². The maximum Gasteiger partial charge on any atom is 0.0991 e. The molecule has 0 saturated heterocycles. The fourth-order valence-electron chi connectivity index (χ4n) is 2.96. The van der Waals surface area contributed by atoms with Crippen LogP contribution in [0, 0.1) is 29.6 Å². The summed E-state index contributed by atoms with van der Waals surface area (Å²) in [5, 5.41) is 20.1. The van der Waals surface area contributed by atoms with Crippen molar-refractivity contribution in [2.75, 3.05) is 0 Å². The smallest absolute Gasteiger partial charge is 0.0991 e. The van der Waals surface area contributed by atoms with E-state index in [1.807, 2.05) is 19.1 Å². The molecule has 1 saturated carbocycles. The van der Waals surface area contributed by atoms with Crippen LogP contribution in [0.1, 0.15) is 50.0 Å². The summed E-state index contributed by atoms with van der Waals surface area (Å²) in [7, 11) is 0. The molecule has 1 aliphatic rings. The van der Waals surface area contributed by atoms with Crippen LogP contribution in [-0.4, -0.2) is 10.1 Å². The Morgan fingerprint density at radius 3 is 2.89 bits per heavy atom. The van der Waals surface area contributed by atoms with Crippen LogP contribution in [0.2, 0.25) is 0 Å². The van der Waals surface area contributed by atoms with Gasteiger partial charge in [-0.05, 0) is 31.7 Å². The lowest BCUT2D eigenvalue weighted by atomic mass is 9.66. The molecular weight excluding hydrogens is 224 g/mol. The molecule has 3 atom stereocenters. The Hall–Kier alpha value is -1.40. The van der Waals surface area contributed by atoms with Crippen LogP contribution < -0.4 is 0 Å². The van der Waals surface area contributed by atoms with Crippen molar-refractivity contribution in [3.63, 3.8) is 0 Å². The third-order valence-corrected chi connectivity index (χ3v) is 4.03. The van der Waals surface area contributed by atoms with Crippen molar-refractivity contribution in [2.24, 2.45) is 11.3 Å². The summed E-state index contributed by atoms with van der Waals surface area (Å²) in [6.07, 6.45) is 4.70. The summed E-state index contributed by atoms with van der Waals surface area (Å²) in [5.74, 6) is 0.506. The SMILES string of the molecule is Cc1ccc(C(O)C2(C#N)CCCC(C)C2)cn1. The van der Waals surface area contributed by atoms with Gasteiger partial charge in [0.2, 0.25) is 0 Å². The lowest BCUT2D eigenvalue weighted by Crippen LogP contribution is -2.33. The lowest BCUT2D eigenvalue weighted by Gasteiger charge is -2.38. The molecule has 1 N–H and O–H groups in total. The molecule has 1 heterocycles. The van der Waals surface area contributed by atoms with E-state index in [4.69, 9.17) is 0 Å². The zero-order chi connectivity index (χ0) is 13.2. The minimum Gasteiger partial charge on any atom is -0.387 e. The highest BCUT2D eigenvalue weighted by Crippen LogP contribution is 2.47. The van der Waals surface area contributed by atoms with E-state index >= 15 is 0 Å². The average Bonchev–Trinajstić information content (AvgIpc) is 2.38. The fourth-order valence-corrected chi connectivity index (χ4v) is 2.96. The number of aliphatic hydroxyl groups excluding tert-OH is 1. The summed E-state index contributed by atoms with van der Waals surface area (Å²) >= 11 is 0. The molecule has 1 aliphatic carbocycles. The van der Waals surface area contributed by atoms with E-state index in [-0.39, 0.29) is 0 Å². The van der Waals surface area contributed by atoms with Crippen molar-refractivity contribution in [1.82, 2.24) is 4.98 Å². The first-order chi connectivity index (χ1) is 8.57. The van der Waals surface area contributed by atoms with Crippen LogP contribution in [0.4, 0.5) is 0 Å². The van der Waals surface area contributed by atoms with E-state index < -0.39 is 11.5 Å². The minimum absolute atomic E-state index is 0.506. The van der Waals surface area contributed by atoms with Crippen LogP contribution in [0.15, 0.2) is 18.3 Å². The van der Waals surface area contributed by atoms with Gasteiger partial charge in [0.1, 0.15) is 0 Å². The standard InChI is InChI=1S/C15H20N2O/c1-11-4-3-7-15(8-11,10-16)14(18)13-6-5-12(2)17-9-13/h5-6,9,11,14,18H,3-4,7-8H2,1-2H3. The topological polar surface area (TPSA) is 56.9 Å². The largest absolute Gasteiger partial charge is 0.387 e. The van der Waals surface area contributed by atoms with E-state index in [1.54, 1.807) is 6.20 Å². The quantitative estimate of drug-likeness (QED) is 0.869. The molecular formula is C15H20N2O. The zero-order valence-electron chi connectivity index (χ0n) is 11.1. The van der Waals surface area contributed by atoms with Gasteiger partial charge >= 0.3 is 0 Å². The molecule has 96 valence electrons. The summed E-state index contributed by atoms with van der Waals surface area (Å²) in [6.45, 7) is 4.07. The Morgan fingerprint density at radius 1 is 1.56 bits per heavy atom. The molecule has 0 amide bonds. The summed E-state index contributed by atoms with van der Waals surface area (Å²) in [6, 6.07) is 6.15. The van der Waals surface area contributed by atoms with Crippen molar-refractivity contribution in [3.8, 4) is 6.07 Å². The van der Waals surface area contributed by atoms with E-state index in [0.29, 0.717) is 5.92 Å². The van der Waals surface area contributed by atoms with Gasteiger partial charge in [-0.25, -0.2) is 0 Å². The number of hydrogen-bond donors (Lipinski definition) is 1. The third kappa shape index (κ3) is 2.39. The first kappa shape index (κ1) is 13.0. The van der Waals surface area contributed by atoms with Crippen molar-refractivity contribution >= 4 is 0 Å². The van der Waals surface area contributed by atoms with Crippen molar-refractivity contribution < 1.29 is 5.11 Å². The molecule has 0 spiro atoms. The Labute approximate surface area is 108 Å². The van der Waals surface area contributed by atoms with Gasteiger partial charge in [-0.1, -0.05) is 25.8 Å². The highest BCUT2D eigenvalue weighted by atomic mass is 16.3. The van der Waals surface area contributed by atoms with Crippen LogP contribution in [0.5, 0.6) is 0 Å². The predicted molar refractivity (Wildman–Crippen MR) is 69.6 cm³/mol. The monoisotopic (exact) mass is 244 g/mol. The molecule has 18 heavy (non-hydrogen) atoms. The maximum absolute atomic E-state index is 10.5. The molecule has 0 aromatic carbocycles. The zero-order valence-corrected chi connectivity index (χ0v) is 11.1. The number of nitrogens with zero attached hydrogens (tertiary/aromatic N) is 2. The maximum atomic E-state index is 10.5. The lowest BCUT2D eigenvalue weighted by molar-refractivity contribution is 0.0217. The van der Waals surface area contributed by atoms with E-state index in [2.05, 4.69) is 18.0 Å². The van der Waals surface area contributed by atoms with Gasteiger partial charge in [0.15, 0.2) is 0 Å². The molecule has 0 aliphatic heterocycles. The molecule has 0 bridgehead atoms. The Balaban J connectivity index is 2.27. The number of aromatic nitrogens is 1. The highest BCUT2D eigenvalue weighted by molar-refractivity contribution is 5.22. The first-order valence-corrected chi connectivity index (χ1v) is 6.59. The van der Waals surface area contributed by atoms with Crippen LogP contribution in [-0.2, 0) is 0 Å². The Bertz CT molecular complexity index is 449. The van der Waals surface area contributed by atoms with Crippen molar-refractivity contribution in [1.29, 1.82) is 5.26 Å². The van der Waals surface area contributed by atoms with Crippen molar-refractivity contribution in [2.45, 2.75) is 45.6 Å². The summed E-state index contributed by atoms with van der Waals surface area (Å²) < 4.78 is 0. The molecule has 1 fully saturated rings. The van der Waals surface area contributed by atoms with Gasteiger partial charge in [-0.3, -0.25) is 4.98 Å². The molecule has 2 rings (SSSR count). The van der Waals surface area contributed by atoms with E-state index in [9.17, 15) is 10.4 Å². The van der Waals surface area contributed by atoms with Crippen molar-refractivity contribution in [3.05, 3.63) is 29.6 Å². The second kappa shape index (κ2) is 5.07. The molecule has 3 unspecified atom stereocenters. The fraction of sp³-hybridized carbons (Fsp3) is 0.600. The Morgan fingerprint density at radius 2 is 2.33 bits per heavy atom. The number of rotatable bonds is 2. The second-order valence-electron chi connectivity index (χ2n) is 5.60. The predicted octanol–water partition coefficient (Wildman–Crippen LogP) is 3.14. The van der Waals surface area contributed by atoms with Gasteiger partial charge in [-0.2, -0.15) is 5.26 Å². The van der Waals surface area contributed by atoms with Gasteiger partial charge in [0.05, 0.1) is 17.6 Å². The minimum atomic E-state index is -0.724. The molecule has 0 radical (unpaired) electrons. The average molecular weight is 244 g/mol. The van der Waals surface area contributed by atoms with Gasteiger partial charge < -0.3 is 5.11 Å². The van der Waals surface area contributed by atoms with Crippen LogP contribution in [0.25, 0.3) is 0 Å². The normalized spacial score (nSPS) is 29.6. The number of aryl methyl sites for hydroxylation is 1. The molecule has 3 nitrogen and oxygen atoms in total. The number of pyridine rings is 1. The first-order valence-electron chi connectivity index (χ1n) is 6.59.